The molecular weight excluding hydrogens is 266 g/mol. The molecule has 0 heterocycles. The Morgan fingerprint density at radius 2 is 2.14 bits per heavy atom. The van der Waals surface area contributed by atoms with E-state index >= 15 is 0 Å². The van der Waals surface area contributed by atoms with E-state index in [9.17, 15) is 10.2 Å². The number of rotatable bonds is 5. The smallest absolute Gasteiger partial charge is 0.137 e. The molecule has 0 saturated carbocycles. The third kappa shape index (κ3) is 4.70. The van der Waals surface area contributed by atoms with E-state index in [1.54, 1.807) is 0 Å². The van der Waals surface area contributed by atoms with Crippen LogP contribution in [0.1, 0.15) is 50.8 Å². The molecule has 0 aliphatic heterocycles. The van der Waals surface area contributed by atoms with Crippen LogP contribution >= 0.6 is 0 Å². The van der Waals surface area contributed by atoms with Gasteiger partial charge in [-0.15, -0.1) is 0 Å². The molecule has 1 aromatic carbocycles. The Labute approximate surface area is 127 Å². The van der Waals surface area contributed by atoms with Crippen molar-refractivity contribution in [3.05, 3.63) is 29.3 Å². The summed E-state index contributed by atoms with van der Waals surface area (Å²) in [6.07, 6.45) is 1.87. The van der Waals surface area contributed by atoms with Crippen molar-refractivity contribution in [2.45, 2.75) is 57.8 Å². The van der Waals surface area contributed by atoms with Crippen molar-refractivity contribution in [1.82, 2.24) is 0 Å². The normalized spacial score (nSPS) is 20.0. The Balaban J connectivity index is 1.93. The first-order valence-corrected chi connectivity index (χ1v) is 7.82. The van der Waals surface area contributed by atoms with Gasteiger partial charge in [-0.2, -0.15) is 0 Å². The Morgan fingerprint density at radius 1 is 1.38 bits per heavy atom. The highest BCUT2D eigenvalue weighted by molar-refractivity contribution is 5.42. The van der Waals surface area contributed by atoms with Crippen molar-refractivity contribution in [2.75, 3.05) is 13.2 Å². The van der Waals surface area contributed by atoms with Crippen LogP contribution in [0.15, 0.2) is 18.2 Å². The Bertz CT molecular complexity index is 468. The molecule has 2 atom stereocenters. The molecule has 4 N–H and O–H groups in total. The molecule has 118 valence electrons. The molecule has 0 spiro atoms. The highest BCUT2D eigenvalue weighted by atomic mass is 16.5. The molecule has 1 aliphatic carbocycles. The van der Waals surface area contributed by atoms with E-state index in [1.807, 2.05) is 18.2 Å². The van der Waals surface area contributed by atoms with Gasteiger partial charge in [0, 0.05) is 0 Å². The van der Waals surface area contributed by atoms with Crippen LogP contribution in [-0.2, 0) is 6.42 Å². The second kappa shape index (κ2) is 6.77. The van der Waals surface area contributed by atoms with Gasteiger partial charge in [0.2, 0.25) is 0 Å². The molecule has 0 radical (unpaired) electrons. The van der Waals surface area contributed by atoms with E-state index in [4.69, 9.17) is 4.74 Å². The summed E-state index contributed by atoms with van der Waals surface area (Å²) in [4.78, 5) is 0. The van der Waals surface area contributed by atoms with Crippen LogP contribution in [0.3, 0.4) is 0 Å². The van der Waals surface area contributed by atoms with Crippen molar-refractivity contribution >= 4 is 0 Å². The summed E-state index contributed by atoms with van der Waals surface area (Å²) in [5.41, 5.74) is 2.19. The van der Waals surface area contributed by atoms with Crippen LogP contribution < -0.4 is 10.1 Å². The lowest BCUT2D eigenvalue weighted by Crippen LogP contribution is -2.96. The summed E-state index contributed by atoms with van der Waals surface area (Å²) in [5, 5.41) is 22.2. The number of fused-ring (bicyclic) bond motifs is 1. The lowest BCUT2D eigenvalue weighted by Gasteiger charge is -2.24. The number of aliphatic hydroxyl groups is 2. The summed E-state index contributed by atoms with van der Waals surface area (Å²) < 4.78 is 5.80. The quantitative estimate of drug-likeness (QED) is 0.763. The predicted molar refractivity (Wildman–Crippen MR) is 82.4 cm³/mol. The monoisotopic (exact) mass is 294 g/mol. The van der Waals surface area contributed by atoms with Gasteiger partial charge in [0.25, 0.3) is 0 Å². The standard InChI is InChI=1S/C17H27NO3/c1-17(2,3)18-10-12(19)11-21-16-9-5-6-13-14(16)7-4-8-15(13)20/h5-6,9,12,15,18-20H,4,7-8,10-11H2,1-3H3/p+1. The topological polar surface area (TPSA) is 66.3 Å². The zero-order valence-electron chi connectivity index (χ0n) is 13.3. The summed E-state index contributed by atoms with van der Waals surface area (Å²) in [6.45, 7) is 7.28. The van der Waals surface area contributed by atoms with Gasteiger partial charge in [0.1, 0.15) is 25.0 Å². The fourth-order valence-electron chi connectivity index (χ4n) is 2.67. The maximum atomic E-state index is 10.0. The number of hydrogen-bond acceptors (Lipinski definition) is 3. The van der Waals surface area contributed by atoms with E-state index in [2.05, 4.69) is 26.1 Å². The minimum Gasteiger partial charge on any atom is -0.490 e. The first-order valence-electron chi connectivity index (χ1n) is 7.82. The van der Waals surface area contributed by atoms with E-state index in [1.165, 1.54) is 0 Å². The first-order chi connectivity index (χ1) is 9.87. The summed E-state index contributed by atoms with van der Waals surface area (Å²) in [5.74, 6) is 0.807. The van der Waals surface area contributed by atoms with Crippen molar-refractivity contribution < 1.29 is 20.3 Å². The molecule has 0 bridgehead atoms. The van der Waals surface area contributed by atoms with Crippen molar-refractivity contribution in [3.63, 3.8) is 0 Å². The molecule has 1 aliphatic rings. The maximum absolute atomic E-state index is 10.0. The molecule has 4 heteroatoms. The summed E-state index contributed by atoms with van der Waals surface area (Å²) in [6, 6.07) is 5.81. The van der Waals surface area contributed by atoms with Crippen LogP contribution in [0.5, 0.6) is 5.75 Å². The maximum Gasteiger partial charge on any atom is 0.137 e. The second-order valence-corrected chi connectivity index (χ2v) is 7.00. The molecule has 21 heavy (non-hydrogen) atoms. The molecule has 0 aromatic heterocycles. The van der Waals surface area contributed by atoms with E-state index in [-0.39, 0.29) is 11.6 Å². The predicted octanol–water partition coefficient (Wildman–Crippen LogP) is 1.16. The highest BCUT2D eigenvalue weighted by Crippen LogP contribution is 2.35. The van der Waals surface area contributed by atoms with Crippen LogP contribution in [0.25, 0.3) is 0 Å². The minimum absolute atomic E-state index is 0.108. The van der Waals surface area contributed by atoms with Gasteiger partial charge in [-0.25, -0.2) is 0 Å². The molecule has 0 fully saturated rings. The van der Waals surface area contributed by atoms with Gasteiger partial charge in [0.05, 0.1) is 11.6 Å². The average molecular weight is 294 g/mol. The SMILES string of the molecule is CC(C)(C)[NH2+]CC(O)COc1cccc2c1CCCC2O. The van der Waals surface area contributed by atoms with Gasteiger partial charge >= 0.3 is 0 Å². The third-order valence-corrected chi connectivity index (χ3v) is 3.87. The Kier molecular flexibility index (Phi) is 5.25. The van der Waals surface area contributed by atoms with E-state index < -0.39 is 6.10 Å². The van der Waals surface area contributed by atoms with Crippen LogP contribution in [0, 0.1) is 0 Å². The Hall–Kier alpha value is -1.10. The molecule has 0 amide bonds. The Morgan fingerprint density at radius 3 is 2.86 bits per heavy atom. The lowest BCUT2D eigenvalue weighted by atomic mass is 9.89. The number of hydrogen-bond donors (Lipinski definition) is 3. The van der Waals surface area contributed by atoms with Gasteiger partial charge in [-0.1, -0.05) is 12.1 Å². The molecule has 4 nitrogen and oxygen atoms in total. The van der Waals surface area contributed by atoms with E-state index in [0.717, 1.165) is 36.1 Å². The van der Waals surface area contributed by atoms with Gasteiger partial charge in [-0.05, 0) is 57.2 Å². The van der Waals surface area contributed by atoms with Crippen LogP contribution in [0.2, 0.25) is 0 Å². The largest absolute Gasteiger partial charge is 0.490 e. The third-order valence-electron chi connectivity index (χ3n) is 3.87. The van der Waals surface area contributed by atoms with Gasteiger partial charge in [0.15, 0.2) is 0 Å². The highest BCUT2D eigenvalue weighted by Gasteiger charge is 2.22. The van der Waals surface area contributed by atoms with E-state index in [0.29, 0.717) is 13.2 Å². The fraction of sp³-hybridized carbons (Fsp3) is 0.647. The van der Waals surface area contributed by atoms with Crippen molar-refractivity contribution in [2.24, 2.45) is 0 Å². The van der Waals surface area contributed by atoms with Crippen molar-refractivity contribution in [3.8, 4) is 5.75 Å². The first kappa shape index (κ1) is 16.3. The molecule has 2 unspecified atom stereocenters. The van der Waals surface area contributed by atoms with Gasteiger partial charge < -0.3 is 20.3 Å². The summed E-state index contributed by atoms with van der Waals surface area (Å²) >= 11 is 0. The second-order valence-electron chi connectivity index (χ2n) is 7.00. The summed E-state index contributed by atoms with van der Waals surface area (Å²) in [7, 11) is 0. The number of benzene rings is 1. The van der Waals surface area contributed by atoms with Crippen LogP contribution in [0.4, 0.5) is 0 Å². The van der Waals surface area contributed by atoms with Gasteiger partial charge in [-0.3, -0.25) is 0 Å². The van der Waals surface area contributed by atoms with Crippen LogP contribution in [-0.4, -0.2) is 35.0 Å². The lowest BCUT2D eigenvalue weighted by molar-refractivity contribution is -0.722. The molecule has 0 saturated heterocycles. The molecular formula is C17H28NO3+. The average Bonchev–Trinajstić information content (AvgIpc) is 2.42. The minimum atomic E-state index is -0.492. The molecule has 2 rings (SSSR count). The zero-order chi connectivity index (χ0) is 15.5. The van der Waals surface area contributed by atoms with Crippen molar-refractivity contribution in [1.29, 1.82) is 0 Å². The number of nitrogens with two attached hydrogens (primary N) is 1. The number of aliphatic hydroxyl groups excluding tert-OH is 2. The molecule has 1 aromatic rings. The zero-order valence-corrected chi connectivity index (χ0v) is 13.3. The number of ether oxygens (including phenoxy) is 1. The fourth-order valence-corrected chi connectivity index (χ4v) is 2.67. The number of quaternary nitrogens is 1.